The van der Waals surface area contributed by atoms with Crippen molar-refractivity contribution >= 4 is 6.21 Å². The van der Waals surface area contributed by atoms with Crippen LogP contribution in [-0.4, -0.2) is 17.8 Å². The Morgan fingerprint density at radius 2 is 2.46 bits per heavy atom. The molecule has 1 aliphatic carbocycles. The van der Waals surface area contributed by atoms with Crippen LogP contribution < -0.4 is 5.73 Å². The Kier molecular flexibility index (Phi) is 2.08. The van der Waals surface area contributed by atoms with Gasteiger partial charge in [0.2, 0.25) is 0 Å². The van der Waals surface area contributed by atoms with E-state index in [1.165, 1.54) is 5.70 Å². The van der Waals surface area contributed by atoms with E-state index < -0.39 is 0 Å². The molecule has 0 amide bonds. The molecule has 0 aromatic heterocycles. The Hall–Kier alpha value is -1.25. The molecular formula is C10H15N3. The van der Waals surface area contributed by atoms with Gasteiger partial charge in [-0.3, -0.25) is 5.01 Å². The lowest BCUT2D eigenvalue weighted by Gasteiger charge is -2.16. The topological polar surface area (TPSA) is 41.6 Å². The van der Waals surface area contributed by atoms with Gasteiger partial charge < -0.3 is 5.73 Å². The van der Waals surface area contributed by atoms with Gasteiger partial charge in [-0.25, -0.2) is 0 Å². The fraction of sp³-hybridized carbons (Fsp3) is 0.500. The number of allylic oxidation sites excluding steroid dienone is 4. The normalized spacial score (nSPS) is 26.5. The molecule has 70 valence electrons. The predicted molar refractivity (Wildman–Crippen MR) is 53.9 cm³/mol. The van der Waals surface area contributed by atoms with E-state index in [4.69, 9.17) is 5.73 Å². The molecule has 3 heteroatoms. The molecule has 0 bridgehead atoms. The SMILES string of the molecule is CCN1N=CC2CCC(N)=CC=C21. The van der Waals surface area contributed by atoms with Gasteiger partial charge in [0.15, 0.2) is 0 Å². The summed E-state index contributed by atoms with van der Waals surface area (Å²) in [6.45, 7) is 3.05. The Morgan fingerprint density at radius 3 is 3.23 bits per heavy atom. The summed E-state index contributed by atoms with van der Waals surface area (Å²) in [4.78, 5) is 0. The first-order valence-corrected chi connectivity index (χ1v) is 4.79. The standard InChI is InChI=1S/C10H15N3/c1-2-13-10-6-5-9(11)4-3-8(10)7-12-13/h5-8H,2-4,11H2,1H3. The maximum absolute atomic E-state index is 5.78. The van der Waals surface area contributed by atoms with Gasteiger partial charge in [-0.1, -0.05) is 0 Å². The predicted octanol–water partition coefficient (Wildman–Crippen LogP) is 1.44. The van der Waals surface area contributed by atoms with Crippen molar-refractivity contribution in [2.24, 2.45) is 16.8 Å². The van der Waals surface area contributed by atoms with Crippen molar-refractivity contribution in [2.45, 2.75) is 19.8 Å². The zero-order valence-corrected chi connectivity index (χ0v) is 7.90. The van der Waals surface area contributed by atoms with Crippen molar-refractivity contribution in [1.29, 1.82) is 0 Å². The monoisotopic (exact) mass is 177 g/mol. The average molecular weight is 177 g/mol. The van der Waals surface area contributed by atoms with Crippen molar-refractivity contribution in [2.75, 3.05) is 6.54 Å². The Morgan fingerprint density at radius 1 is 1.62 bits per heavy atom. The molecule has 1 heterocycles. The van der Waals surface area contributed by atoms with Gasteiger partial charge >= 0.3 is 0 Å². The second-order valence-corrected chi connectivity index (χ2v) is 3.46. The zero-order chi connectivity index (χ0) is 9.26. The molecular weight excluding hydrogens is 162 g/mol. The molecule has 13 heavy (non-hydrogen) atoms. The fourth-order valence-electron chi connectivity index (χ4n) is 1.79. The molecule has 1 atom stereocenters. The molecule has 2 rings (SSSR count). The summed E-state index contributed by atoms with van der Waals surface area (Å²) in [5.74, 6) is 0.484. The largest absolute Gasteiger partial charge is 0.402 e. The molecule has 2 N–H and O–H groups in total. The highest BCUT2D eigenvalue weighted by Crippen LogP contribution is 2.28. The van der Waals surface area contributed by atoms with Crippen molar-refractivity contribution in [1.82, 2.24) is 5.01 Å². The number of hydrogen-bond donors (Lipinski definition) is 1. The number of rotatable bonds is 1. The van der Waals surface area contributed by atoms with Gasteiger partial charge in [0, 0.05) is 30.1 Å². The van der Waals surface area contributed by atoms with E-state index in [0.717, 1.165) is 25.1 Å². The number of nitrogens with two attached hydrogens (primary N) is 1. The van der Waals surface area contributed by atoms with Gasteiger partial charge in [-0.15, -0.1) is 0 Å². The molecule has 3 nitrogen and oxygen atoms in total. The number of fused-ring (bicyclic) bond motifs is 1. The lowest BCUT2D eigenvalue weighted by molar-refractivity contribution is 0.381. The number of hydrogen-bond acceptors (Lipinski definition) is 3. The van der Waals surface area contributed by atoms with Gasteiger partial charge in [0.25, 0.3) is 0 Å². The van der Waals surface area contributed by atoms with Crippen LogP contribution in [0.5, 0.6) is 0 Å². The summed E-state index contributed by atoms with van der Waals surface area (Å²) in [7, 11) is 0. The Labute approximate surface area is 78.6 Å². The Balaban J connectivity index is 2.23. The highest BCUT2D eigenvalue weighted by Gasteiger charge is 2.23. The molecule has 0 fully saturated rings. The average Bonchev–Trinajstić information content (AvgIpc) is 2.45. The molecule has 0 aromatic carbocycles. The highest BCUT2D eigenvalue weighted by molar-refractivity contribution is 5.68. The van der Waals surface area contributed by atoms with Crippen LogP contribution in [0, 0.1) is 5.92 Å². The van der Waals surface area contributed by atoms with Crippen LogP contribution in [-0.2, 0) is 0 Å². The first kappa shape index (κ1) is 8.35. The van der Waals surface area contributed by atoms with Crippen molar-refractivity contribution in [3.63, 3.8) is 0 Å². The number of nitrogens with zero attached hydrogens (tertiary/aromatic N) is 2. The first-order chi connectivity index (χ1) is 6.31. The third-order valence-electron chi connectivity index (χ3n) is 2.58. The third-order valence-corrected chi connectivity index (χ3v) is 2.58. The second-order valence-electron chi connectivity index (χ2n) is 3.46. The van der Waals surface area contributed by atoms with E-state index in [-0.39, 0.29) is 0 Å². The lowest BCUT2D eigenvalue weighted by Crippen LogP contribution is -2.15. The van der Waals surface area contributed by atoms with E-state index in [1.54, 1.807) is 0 Å². The van der Waals surface area contributed by atoms with Gasteiger partial charge in [-0.05, 0) is 31.9 Å². The van der Waals surface area contributed by atoms with Crippen LogP contribution in [0.2, 0.25) is 0 Å². The van der Waals surface area contributed by atoms with Crippen LogP contribution in [0.25, 0.3) is 0 Å². The maximum Gasteiger partial charge on any atom is 0.0453 e. The van der Waals surface area contributed by atoms with E-state index in [0.29, 0.717) is 5.92 Å². The molecule has 0 spiro atoms. The third kappa shape index (κ3) is 1.46. The van der Waals surface area contributed by atoms with Crippen molar-refractivity contribution in [3.05, 3.63) is 23.5 Å². The summed E-state index contributed by atoms with van der Waals surface area (Å²) in [5, 5.41) is 6.38. The number of hydrazone groups is 1. The van der Waals surface area contributed by atoms with Crippen LogP contribution in [0.4, 0.5) is 0 Å². The van der Waals surface area contributed by atoms with Crippen LogP contribution >= 0.6 is 0 Å². The molecule has 1 aliphatic heterocycles. The smallest absolute Gasteiger partial charge is 0.0453 e. The van der Waals surface area contributed by atoms with E-state index >= 15 is 0 Å². The summed E-state index contributed by atoms with van der Waals surface area (Å²) < 4.78 is 0. The molecule has 0 aromatic rings. The molecule has 1 unspecified atom stereocenters. The quantitative estimate of drug-likeness (QED) is 0.658. The Bertz CT molecular complexity index is 279. The minimum atomic E-state index is 0.484. The zero-order valence-electron chi connectivity index (χ0n) is 7.90. The van der Waals surface area contributed by atoms with Gasteiger partial charge in [0.05, 0.1) is 0 Å². The molecule has 0 radical (unpaired) electrons. The highest BCUT2D eigenvalue weighted by atomic mass is 15.5. The summed E-state index contributed by atoms with van der Waals surface area (Å²) in [5.41, 5.74) is 8.05. The van der Waals surface area contributed by atoms with Crippen LogP contribution in [0.1, 0.15) is 19.8 Å². The fourth-order valence-corrected chi connectivity index (χ4v) is 1.79. The molecule has 0 saturated heterocycles. The minimum absolute atomic E-state index is 0.484. The van der Waals surface area contributed by atoms with E-state index in [1.807, 2.05) is 17.3 Å². The second kappa shape index (κ2) is 3.24. The van der Waals surface area contributed by atoms with Crippen LogP contribution in [0.15, 0.2) is 28.6 Å². The van der Waals surface area contributed by atoms with Crippen molar-refractivity contribution in [3.8, 4) is 0 Å². The summed E-state index contributed by atoms with van der Waals surface area (Å²) in [6.07, 6.45) is 8.21. The maximum atomic E-state index is 5.78. The van der Waals surface area contributed by atoms with Gasteiger partial charge in [0.1, 0.15) is 0 Å². The molecule has 0 saturated carbocycles. The van der Waals surface area contributed by atoms with E-state index in [9.17, 15) is 0 Å². The molecule has 2 aliphatic rings. The van der Waals surface area contributed by atoms with Gasteiger partial charge in [-0.2, -0.15) is 5.10 Å². The summed E-state index contributed by atoms with van der Waals surface area (Å²) >= 11 is 0. The minimum Gasteiger partial charge on any atom is -0.402 e. The van der Waals surface area contributed by atoms with Crippen LogP contribution in [0.3, 0.4) is 0 Å². The van der Waals surface area contributed by atoms with E-state index in [2.05, 4.69) is 18.1 Å². The summed E-state index contributed by atoms with van der Waals surface area (Å²) in [6, 6.07) is 0. The lowest BCUT2D eigenvalue weighted by atomic mass is 10.0. The van der Waals surface area contributed by atoms with Crippen molar-refractivity contribution < 1.29 is 0 Å². The first-order valence-electron chi connectivity index (χ1n) is 4.79.